The third kappa shape index (κ3) is 4.41. The van der Waals surface area contributed by atoms with E-state index in [-0.39, 0.29) is 6.04 Å². The zero-order valence-electron chi connectivity index (χ0n) is 18.5. The van der Waals surface area contributed by atoms with Gasteiger partial charge in [-0.25, -0.2) is 28.1 Å². The first-order valence-corrected chi connectivity index (χ1v) is 13.2. The van der Waals surface area contributed by atoms with Crippen molar-refractivity contribution < 1.29 is 8.42 Å². The van der Waals surface area contributed by atoms with Gasteiger partial charge in [-0.3, -0.25) is 0 Å². The number of aryl methyl sites for hydroxylation is 1. The van der Waals surface area contributed by atoms with Gasteiger partial charge in [-0.1, -0.05) is 11.3 Å². The van der Waals surface area contributed by atoms with Crippen LogP contribution in [0, 0.1) is 6.92 Å². The maximum absolute atomic E-state index is 11.9. The lowest BCUT2D eigenvalue weighted by molar-refractivity contribution is 0.345. The molecule has 5 heterocycles. The van der Waals surface area contributed by atoms with Gasteiger partial charge in [-0.05, 0) is 38.1 Å². The van der Waals surface area contributed by atoms with Crippen LogP contribution in [0.5, 0.6) is 0 Å². The van der Waals surface area contributed by atoms with E-state index in [4.69, 9.17) is 4.98 Å². The van der Waals surface area contributed by atoms with E-state index in [9.17, 15) is 8.42 Å². The van der Waals surface area contributed by atoms with Crippen molar-refractivity contribution in [3.05, 3.63) is 48.4 Å². The van der Waals surface area contributed by atoms with Crippen LogP contribution in [0.3, 0.4) is 0 Å². The summed E-state index contributed by atoms with van der Waals surface area (Å²) in [4.78, 5) is 16.8. The molecule has 33 heavy (non-hydrogen) atoms. The van der Waals surface area contributed by atoms with Crippen molar-refractivity contribution in [2.45, 2.75) is 19.9 Å². The molecule has 5 rings (SSSR count). The summed E-state index contributed by atoms with van der Waals surface area (Å²) in [6, 6.07) is 9.74. The van der Waals surface area contributed by atoms with Crippen molar-refractivity contribution in [2.75, 3.05) is 36.1 Å². The first kappa shape index (κ1) is 21.7. The lowest BCUT2D eigenvalue weighted by atomic mass is 10.2. The molecule has 12 heteroatoms. The zero-order chi connectivity index (χ0) is 23.2. The van der Waals surface area contributed by atoms with Crippen molar-refractivity contribution >= 4 is 48.3 Å². The fourth-order valence-electron chi connectivity index (χ4n) is 3.97. The number of hydrogen-bond acceptors (Lipinski definition) is 9. The smallest absolute Gasteiger partial charge is 0.211 e. The molecule has 0 bridgehead atoms. The number of pyridine rings is 2. The Morgan fingerprint density at radius 1 is 1.12 bits per heavy atom. The molecular formula is C21H24N8O2S2. The second kappa shape index (κ2) is 8.36. The van der Waals surface area contributed by atoms with Gasteiger partial charge >= 0.3 is 0 Å². The number of sulfonamides is 1. The Kier molecular flexibility index (Phi) is 5.51. The van der Waals surface area contributed by atoms with Crippen LogP contribution in [0.4, 0.5) is 16.6 Å². The molecule has 0 spiro atoms. The van der Waals surface area contributed by atoms with Gasteiger partial charge in [-0.2, -0.15) is 9.40 Å². The Labute approximate surface area is 196 Å². The Bertz CT molecular complexity index is 1410. The minimum Gasteiger partial charge on any atom is -0.366 e. The summed E-state index contributed by atoms with van der Waals surface area (Å²) in [5.41, 5.74) is 2.80. The highest BCUT2D eigenvalue weighted by atomic mass is 32.2. The summed E-state index contributed by atoms with van der Waals surface area (Å²) in [7, 11) is -3.18. The van der Waals surface area contributed by atoms with E-state index in [1.807, 2.05) is 44.2 Å². The van der Waals surface area contributed by atoms with Gasteiger partial charge < -0.3 is 10.2 Å². The van der Waals surface area contributed by atoms with Gasteiger partial charge in [-0.15, -0.1) is 0 Å². The van der Waals surface area contributed by atoms with E-state index in [1.165, 1.54) is 21.9 Å². The fraction of sp³-hybridized carbons (Fsp3) is 0.333. The summed E-state index contributed by atoms with van der Waals surface area (Å²) in [6.45, 7) is 5.57. The number of aromatic nitrogens is 5. The topological polar surface area (TPSA) is 109 Å². The van der Waals surface area contributed by atoms with Gasteiger partial charge in [0.15, 0.2) is 10.9 Å². The van der Waals surface area contributed by atoms with E-state index >= 15 is 0 Å². The van der Waals surface area contributed by atoms with Crippen molar-refractivity contribution in [1.29, 1.82) is 0 Å². The molecule has 0 aliphatic carbocycles. The monoisotopic (exact) mass is 484 g/mol. The third-order valence-electron chi connectivity index (χ3n) is 5.66. The molecule has 0 aromatic carbocycles. The molecule has 10 nitrogen and oxygen atoms in total. The van der Waals surface area contributed by atoms with Crippen LogP contribution in [0.25, 0.3) is 16.2 Å². The molecule has 1 unspecified atom stereocenters. The third-order valence-corrected chi connectivity index (χ3v) is 7.81. The standard InChI is InChI=1S/C21H24N8O2S2/c1-14-6-9-23-29(14)19-5-4-17-20(26-19)32-21(24-17)25-18-12-16(7-8-22-18)28-11-10-27(13-15(28)2)33(3,30)31/h4-9,12,15H,10-11,13H2,1-3H3,(H,22,24,25). The van der Waals surface area contributed by atoms with Crippen molar-refractivity contribution in [3.8, 4) is 5.82 Å². The zero-order valence-corrected chi connectivity index (χ0v) is 20.1. The predicted molar refractivity (Wildman–Crippen MR) is 130 cm³/mol. The summed E-state index contributed by atoms with van der Waals surface area (Å²) in [6.07, 6.45) is 4.76. The van der Waals surface area contributed by atoms with Crippen LogP contribution < -0.4 is 10.2 Å². The minimum atomic E-state index is -3.18. The normalized spacial score (nSPS) is 17.5. The molecule has 1 fully saturated rings. The summed E-state index contributed by atoms with van der Waals surface area (Å²) in [5, 5.41) is 8.30. The van der Waals surface area contributed by atoms with E-state index < -0.39 is 10.0 Å². The number of nitrogens with zero attached hydrogens (tertiary/aromatic N) is 7. The van der Waals surface area contributed by atoms with E-state index in [0.717, 1.165) is 27.5 Å². The number of nitrogens with one attached hydrogen (secondary N) is 1. The Morgan fingerprint density at radius 2 is 1.97 bits per heavy atom. The van der Waals surface area contributed by atoms with Crippen LogP contribution >= 0.6 is 11.3 Å². The van der Waals surface area contributed by atoms with Gasteiger partial charge in [0, 0.05) is 55.5 Å². The molecule has 1 N–H and O–H groups in total. The maximum Gasteiger partial charge on any atom is 0.211 e. The number of piperazine rings is 1. The van der Waals surface area contributed by atoms with Crippen LogP contribution in [0.15, 0.2) is 42.7 Å². The van der Waals surface area contributed by atoms with Gasteiger partial charge in [0.05, 0.1) is 6.26 Å². The van der Waals surface area contributed by atoms with Crippen LogP contribution in [0.1, 0.15) is 12.6 Å². The molecule has 4 aromatic heterocycles. The number of rotatable bonds is 5. The minimum absolute atomic E-state index is 0.0551. The number of thiazole rings is 1. The molecule has 1 aliphatic heterocycles. The Morgan fingerprint density at radius 3 is 2.70 bits per heavy atom. The quantitative estimate of drug-likeness (QED) is 0.461. The second-order valence-electron chi connectivity index (χ2n) is 8.08. The van der Waals surface area contributed by atoms with Gasteiger partial charge in [0.2, 0.25) is 10.0 Å². The maximum atomic E-state index is 11.9. The van der Waals surface area contributed by atoms with E-state index in [1.54, 1.807) is 17.1 Å². The van der Waals surface area contributed by atoms with E-state index in [0.29, 0.717) is 30.6 Å². The largest absolute Gasteiger partial charge is 0.366 e. The second-order valence-corrected chi connectivity index (χ2v) is 11.0. The molecule has 1 atom stereocenters. The van der Waals surface area contributed by atoms with Crippen molar-refractivity contribution in [3.63, 3.8) is 0 Å². The average Bonchev–Trinajstić information content (AvgIpc) is 3.37. The van der Waals surface area contributed by atoms with Crippen LogP contribution in [0.2, 0.25) is 0 Å². The van der Waals surface area contributed by atoms with Crippen LogP contribution in [-0.4, -0.2) is 69.4 Å². The molecule has 172 valence electrons. The first-order chi connectivity index (χ1) is 15.8. The SMILES string of the molecule is Cc1ccnn1-c1ccc2nc(Nc3cc(N4CCN(S(C)(=O)=O)CC4C)ccn3)sc2n1. The molecular weight excluding hydrogens is 460 g/mol. The molecule has 1 aliphatic rings. The van der Waals surface area contributed by atoms with Crippen molar-refractivity contribution in [2.24, 2.45) is 0 Å². The number of fused-ring (bicyclic) bond motifs is 1. The Hall–Kier alpha value is -3.09. The first-order valence-electron chi connectivity index (χ1n) is 10.5. The molecule has 4 aromatic rings. The average molecular weight is 485 g/mol. The highest BCUT2D eigenvalue weighted by Gasteiger charge is 2.29. The van der Waals surface area contributed by atoms with Gasteiger partial charge in [0.1, 0.15) is 16.2 Å². The number of hydrogen-bond donors (Lipinski definition) is 1. The van der Waals surface area contributed by atoms with Gasteiger partial charge in [0.25, 0.3) is 0 Å². The lowest BCUT2D eigenvalue weighted by Crippen LogP contribution is -2.53. The summed E-state index contributed by atoms with van der Waals surface area (Å²) < 4.78 is 27.1. The highest BCUT2D eigenvalue weighted by Crippen LogP contribution is 2.29. The molecule has 0 amide bonds. The fourth-order valence-corrected chi connectivity index (χ4v) is 5.71. The molecule has 0 saturated carbocycles. The molecule has 1 saturated heterocycles. The van der Waals surface area contributed by atoms with E-state index in [2.05, 4.69) is 25.3 Å². The van der Waals surface area contributed by atoms with Crippen LogP contribution in [-0.2, 0) is 10.0 Å². The summed E-state index contributed by atoms with van der Waals surface area (Å²) >= 11 is 1.45. The molecule has 0 radical (unpaired) electrons. The predicted octanol–water partition coefficient (Wildman–Crippen LogP) is 2.79. The number of anilines is 3. The van der Waals surface area contributed by atoms with Crippen molar-refractivity contribution in [1.82, 2.24) is 29.0 Å². The summed E-state index contributed by atoms with van der Waals surface area (Å²) in [5.74, 6) is 1.43. The highest BCUT2D eigenvalue weighted by molar-refractivity contribution is 7.88. The Balaban J connectivity index is 1.35. The lowest BCUT2D eigenvalue weighted by Gasteiger charge is -2.40.